The third-order valence-corrected chi connectivity index (χ3v) is 7.81. The number of nitrogens with zero attached hydrogens (tertiary/aromatic N) is 4. The number of aliphatic carboxylic acids is 1. The molecule has 0 aliphatic carbocycles. The van der Waals surface area contributed by atoms with E-state index >= 15 is 0 Å². The average molecular weight is 567 g/mol. The number of piperidine rings is 1. The molecule has 0 spiro atoms. The average Bonchev–Trinajstić information content (AvgIpc) is 3.28. The van der Waals surface area contributed by atoms with Crippen molar-refractivity contribution in [2.75, 3.05) is 20.1 Å². The van der Waals surface area contributed by atoms with Gasteiger partial charge in [0.2, 0.25) is 0 Å². The molecule has 0 unspecified atom stereocenters. The highest BCUT2D eigenvalue weighted by atomic mass is 35.5. The quantitative estimate of drug-likeness (QED) is 0.281. The molecule has 0 amide bonds. The van der Waals surface area contributed by atoms with Crippen molar-refractivity contribution in [2.45, 2.75) is 58.5 Å². The van der Waals surface area contributed by atoms with Crippen LogP contribution in [0.15, 0.2) is 42.6 Å². The van der Waals surface area contributed by atoms with Crippen LogP contribution in [0.1, 0.15) is 56.5 Å². The molecule has 0 saturated carbocycles. The number of aryl methyl sites for hydroxylation is 1. The first kappa shape index (κ1) is 29.1. The monoisotopic (exact) mass is 566 g/mol. The van der Waals surface area contributed by atoms with Crippen molar-refractivity contribution in [1.29, 1.82) is 0 Å². The van der Waals surface area contributed by atoms with Gasteiger partial charge in [-0.1, -0.05) is 23.7 Å². The predicted molar refractivity (Wildman–Crippen MR) is 159 cm³/mol. The normalized spacial score (nSPS) is 14.7. The minimum absolute atomic E-state index is 0.0548. The second-order valence-electron chi connectivity index (χ2n) is 11.0. The Morgan fingerprint density at radius 3 is 2.38 bits per heavy atom. The molecule has 0 radical (unpaired) electrons. The number of hydrogen-bond acceptors (Lipinski definition) is 7. The van der Waals surface area contributed by atoms with Gasteiger partial charge in [-0.2, -0.15) is 0 Å². The molecule has 2 N–H and O–H groups in total. The molecule has 1 aliphatic heterocycles. The van der Waals surface area contributed by atoms with Crippen molar-refractivity contribution in [3.8, 4) is 21.8 Å². The van der Waals surface area contributed by atoms with Gasteiger partial charge in [-0.15, -0.1) is 11.3 Å². The maximum atomic E-state index is 11.7. The van der Waals surface area contributed by atoms with Crippen LogP contribution < -0.4 is 0 Å². The molecule has 1 fully saturated rings. The summed E-state index contributed by atoms with van der Waals surface area (Å²) in [6.07, 6.45) is 3.88. The number of thiazole rings is 1. The van der Waals surface area contributed by atoms with Crippen LogP contribution in [-0.2, 0) is 11.2 Å². The molecule has 206 valence electrons. The van der Waals surface area contributed by atoms with Gasteiger partial charge in [-0.05, 0) is 102 Å². The third-order valence-electron chi connectivity index (χ3n) is 6.45. The molecule has 2 aromatic heterocycles. The highest BCUT2D eigenvalue weighted by Gasteiger charge is 2.23. The fourth-order valence-electron chi connectivity index (χ4n) is 4.60. The maximum absolute atomic E-state index is 11.7. The number of hydrogen-bond donors (Lipinski definition) is 2. The zero-order valence-corrected chi connectivity index (χ0v) is 24.6. The molecule has 5 rings (SSSR count). The van der Waals surface area contributed by atoms with Gasteiger partial charge >= 0.3 is 5.97 Å². The van der Waals surface area contributed by atoms with Crippen molar-refractivity contribution in [2.24, 2.45) is 0 Å². The zero-order chi connectivity index (χ0) is 28.3. The Kier molecular flexibility index (Phi) is 9.01. The topological polar surface area (TPSA) is 99.4 Å². The van der Waals surface area contributed by atoms with Crippen LogP contribution in [0.3, 0.4) is 0 Å². The smallest absolute Gasteiger partial charge is 0.307 e. The van der Waals surface area contributed by atoms with E-state index in [2.05, 4.69) is 16.9 Å². The summed E-state index contributed by atoms with van der Waals surface area (Å²) >= 11 is 7.67. The highest BCUT2D eigenvalue weighted by molar-refractivity contribution is 7.22. The summed E-state index contributed by atoms with van der Waals surface area (Å²) in [5.74, 6) is 0.381. The van der Waals surface area contributed by atoms with Crippen LogP contribution >= 0.6 is 22.9 Å². The molecule has 3 heterocycles. The maximum Gasteiger partial charge on any atom is 0.307 e. The van der Waals surface area contributed by atoms with Gasteiger partial charge in [-0.25, -0.2) is 15.0 Å². The molecule has 1 aliphatic rings. The number of carbonyl (C=O) groups is 1. The Morgan fingerprint density at radius 1 is 1.13 bits per heavy atom. The third kappa shape index (κ3) is 7.60. The first-order chi connectivity index (χ1) is 18.4. The lowest BCUT2D eigenvalue weighted by Gasteiger charge is -2.27. The number of likely N-dealkylation sites (tertiary alicyclic amines) is 1. The van der Waals surface area contributed by atoms with Crippen LogP contribution in [0.2, 0.25) is 5.02 Å². The summed E-state index contributed by atoms with van der Waals surface area (Å²) in [5.41, 5.74) is 4.70. The van der Waals surface area contributed by atoms with Crippen LogP contribution in [0.5, 0.6) is 0 Å². The summed E-state index contributed by atoms with van der Waals surface area (Å²) in [6, 6.07) is 11.4. The molecule has 7 nitrogen and oxygen atoms in total. The van der Waals surface area contributed by atoms with Crippen molar-refractivity contribution in [3.63, 3.8) is 0 Å². The van der Waals surface area contributed by atoms with Gasteiger partial charge in [0, 0.05) is 22.7 Å². The van der Waals surface area contributed by atoms with E-state index in [9.17, 15) is 9.90 Å². The lowest BCUT2D eigenvalue weighted by atomic mass is 9.93. The fraction of sp³-hybridized carbons (Fsp3) is 0.400. The molecule has 0 bridgehead atoms. The lowest BCUT2D eigenvalue weighted by Crippen LogP contribution is -2.29. The Hall–Kier alpha value is -2.91. The number of rotatable bonds is 5. The van der Waals surface area contributed by atoms with Gasteiger partial charge in [0.05, 0.1) is 22.2 Å². The Labute approximate surface area is 238 Å². The first-order valence-corrected chi connectivity index (χ1v) is 14.2. The van der Waals surface area contributed by atoms with Crippen molar-refractivity contribution in [3.05, 3.63) is 64.6 Å². The molecule has 2 aromatic carbocycles. The van der Waals surface area contributed by atoms with E-state index in [1.165, 1.54) is 0 Å². The minimum Gasteiger partial charge on any atom is -0.481 e. The van der Waals surface area contributed by atoms with E-state index in [-0.39, 0.29) is 6.42 Å². The van der Waals surface area contributed by atoms with Gasteiger partial charge in [0.1, 0.15) is 16.5 Å². The van der Waals surface area contributed by atoms with Crippen molar-refractivity contribution in [1.82, 2.24) is 19.9 Å². The van der Waals surface area contributed by atoms with E-state index in [4.69, 9.17) is 26.7 Å². The first-order valence-electron chi connectivity index (χ1n) is 13.0. The number of halogens is 1. The van der Waals surface area contributed by atoms with Crippen LogP contribution in [0, 0.1) is 6.92 Å². The fourth-order valence-corrected chi connectivity index (χ4v) is 5.84. The highest BCUT2D eigenvalue weighted by Crippen LogP contribution is 2.41. The predicted octanol–water partition coefficient (Wildman–Crippen LogP) is 6.60. The van der Waals surface area contributed by atoms with Crippen LogP contribution in [-0.4, -0.2) is 61.8 Å². The van der Waals surface area contributed by atoms with Gasteiger partial charge < -0.3 is 15.1 Å². The lowest BCUT2D eigenvalue weighted by molar-refractivity contribution is -0.136. The molecule has 9 heteroatoms. The molecule has 39 heavy (non-hydrogen) atoms. The van der Waals surface area contributed by atoms with Crippen LogP contribution in [0.25, 0.3) is 32.0 Å². The second kappa shape index (κ2) is 12.1. The van der Waals surface area contributed by atoms with E-state index in [1.54, 1.807) is 32.1 Å². The van der Waals surface area contributed by atoms with Crippen LogP contribution in [0.4, 0.5) is 0 Å². The number of carboxylic acids is 1. The summed E-state index contributed by atoms with van der Waals surface area (Å²) in [4.78, 5) is 28.4. The van der Waals surface area contributed by atoms with Gasteiger partial charge in [0.25, 0.3) is 0 Å². The molecule has 0 atom stereocenters. The summed E-state index contributed by atoms with van der Waals surface area (Å²) in [6.45, 7) is 9.27. The summed E-state index contributed by atoms with van der Waals surface area (Å²) in [7, 11) is 2.15. The number of carboxylic acid groups (broad SMARTS) is 1. The Bertz CT molecular complexity index is 1450. The second-order valence-corrected chi connectivity index (χ2v) is 12.5. The van der Waals surface area contributed by atoms with Gasteiger partial charge in [-0.3, -0.25) is 4.79 Å². The van der Waals surface area contributed by atoms with Crippen molar-refractivity contribution >= 4 is 39.1 Å². The molecule has 4 aromatic rings. The summed E-state index contributed by atoms with van der Waals surface area (Å²) < 4.78 is 0.957. The van der Waals surface area contributed by atoms with E-state index in [0.29, 0.717) is 10.9 Å². The minimum atomic E-state index is -0.860. The van der Waals surface area contributed by atoms with E-state index in [1.807, 2.05) is 49.5 Å². The number of aliphatic hydroxyl groups is 1. The Morgan fingerprint density at radius 2 is 1.77 bits per heavy atom. The zero-order valence-electron chi connectivity index (χ0n) is 23.0. The standard InChI is InChI=1S/C26H25ClN4O2S.C4H10O/c1-15-13-21-24(23(19(15)14-22(32)33)16-3-5-18(27)6-4-16)34-26(30-21)20-7-10-28-25(29-20)17-8-11-31(2)12-9-17;1-4(2,3)5/h3-7,10,13,17H,8-9,11-12,14H2,1-2H3,(H,32,33);5H,1-3H3. The van der Waals surface area contributed by atoms with E-state index in [0.717, 1.165) is 74.9 Å². The number of benzene rings is 2. The number of aromatic nitrogens is 3. The summed E-state index contributed by atoms with van der Waals surface area (Å²) in [5, 5.41) is 19.6. The Balaban J connectivity index is 0.000000648. The van der Waals surface area contributed by atoms with Crippen molar-refractivity contribution < 1.29 is 15.0 Å². The molecular weight excluding hydrogens is 532 g/mol. The van der Waals surface area contributed by atoms with E-state index < -0.39 is 11.6 Å². The molecule has 1 saturated heterocycles. The largest absolute Gasteiger partial charge is 0.481 e. The molecular formula is C30H35ClN4O3S. The van der Waals surface area contributed by atoms with Gasteiger partial charge in [0.15, 0.2) is 0 Å². The SMILES string of the molecule is CC(C)(C)O.Cc1cc2nc(-c3ccnc(C4CCN(C)CC4)n3)sc2c(-c2ccc(Cl)cc2)c1CC(=O)O. The number of fused-ring (bicyclic) bond motifs is 1.